The Hall–Kier alpha value is -1.97. The summed E-state index contributed by atoms with van der Waals surface area (Å²) in [5.41, 5.74) is 0. The molecular weight excluding hydrogens is 178 g/mol. The predicted octanol–water partition coefficient (Wildman–Crippen LogP) is 1.87. The van der Waals surface area contributed by atoms with Crippen LogP contribution in [0.15, 0.2) is 50.5 Å². The van der Waals surface area contributed by atoms with Crippen LogP contribution in [0.4, 0.5) is 0 Å². The third-order valence-electron chi connectivity index (χ3n) is 1.54. The van der Waals surface area contributed by atoms with Crippen LogP contribution in [0.1, 0.15) is 0 Å². The molecule has 0 bridgehead atoms. The van der Waals surface area contributed by atoms with Crippen LogP contribution in [0.25, 0.3) is 6.20 Å². The molecule has 0 unspecified atom stereocenters. The molecule has 0 saturated carbocycles. The summed E-state index contributed by atoms with van der Waals surface area (Å²) in [5.74, 6) is 0. The van der Waals surface area contributed by atoms with Crippen LogP contribution in [-0.2, 0) is 4.74 Å². The molecule has 1 aliphatic rings. The first kappa shape index (κ1) is 10.1. The van der Waals surface area contributed by atoms with Crippen LogP contribution >= 0.6 is 0 Å². The highest BCUT2D eigenvalue weighted by Gasteiger charge is 1.95. The third kappa shape index (κ3) is 3.18. The van der Waals surface area contributed by atoms with Gasteiger partial charge in [0.05, 0.1) is 6.33 Å². The largest absolute Gasteiger partial charge is 0.479 e. The Bertz CT molecular complexity index is 303. The molecule has 0 aromatic carbocycles. The zero-order valence-electron chi connectivity index (χ0n) is 7.91. The molecule has 74 valence electrons. The van der Waals surface area contributed by atoms with E-state index >= 15 is 0 Å². The van der Waals surface area contributed by atoms with Gasteiger partial charge in [-0.15, -0.1) is 0 Å². The van der Waals surface area contributed by atoms with Gasteiger partial charge in [-0.3, -0.25) is 0 Å². The molecule has 0 radical (unpaired) electrons. The lowest BCUT2D eigenvalue weighted by Gasteiger charge is -2.02. The highest BCUT2D eigenvalue weighted by molar-refractivity contribution is 5.14. The number of imidazole rings is 1. The third-order valence-corrected chi connectivity index (χ3v) is 1.54. The first-order valence-electron chi connectivity index (χ1n) is 4.13. The van der Waals surface area contributed by atoms with Gasteiger partial charge in [0, 0.05) is 24.8 Å². The summed E-state index contributed by atoms with van der Waals surface area (Å²) < 4.78 is 6.60. The molecule has 4 nitrogen and oxygen atoms in total. The molecule has 14 heavy (non-hydrogen) atoms. The molecule has 2 rings (SSSR count). The number of nitrogens with zero attached hydrogens (tertiary/aromatic N) is 3. The normalized spacial score (nSPS) is 12.7. The summed E-state index contributed by atoms with van der Waals surface area (Å²) in [7, 11) is 0. The Labute approximate surface area is 83.4 Å². The molecule has 1 aliphatic heterocycles. The summed E-state index contributed by atoms with van der Waals surface area (Å²) in [6, 6.07) is 0. The van der Waals surface area contributed by atoms with Gasteiger partial charge in [-0.25, -0.2) is 4.98 Å². The number of aromatic nitrogens is 2. The molecule has 4 heteroatoms. The SMILES string of the molecule is C=CN1C=COC1.C=Cn1ccnc1. The van der Waals surface area contributed by atoms with E-state index in [1.165, 1.54) is 0 Å². The van der Waals surface area contributed by atoms with Crippen molar-refractivity contribution in [2.24, 2.45) is 0 Å². The molecule has 0 amide bonds. The van der Waals surface area contributed by atoms with Crippen molar-refractivity contribution in [2.45, 2.75) is 0 Å². The van der Waals surface area contributed by atoms with Gasteiger partial charge in [0.15, 0.2) is 6.73 Å². The fourth-order valence-electron chi connectivity index (χ4n) is 0.784. The van der Waals surface area contributed by atoms with Crippen molar-refractivity contribution in [3.63, 3.8) is 0 Å². The van der Waals surface area contributed by atoms with Crippen LogP contribution in [0.2, 0.25) is 0 Å². The second-order valence-corrected chi connectivity index (χ2v) is 2.47. The van der Waals surface area contributed by atoms with Crippen molar-refractivity contribution in [1.82, 2.24) is 14.5 Å². The Kier molecular flexibility index (Phi) is 4.07. The van der Waals surface area contributed by atoms with Gasteiger partial charge in [0.2, 0.25) is 0 Å². The van der Waals surface area contributed by atoms with Crippen molar-refractivity contribution < 1.29 is 4.74 Å². The number of ether oxygens (including phenoxy) is 1. The monoisotopic (exact) mass is 191 g/mol. The van der Waals surface area contributed by atoms with Crippen molar-refractivity contribution >= 4 is 6.20 Å². The van der Waals surface area contributed by atoms with Crippen molar-refractivity contribution in [1.29, 1.82) is 0 Å². The van der Waals surface area contributed by atoms with E-state index in [4.69, 9.17) is 4.74 Å². The Balaban J connectivity index is 0.000000140. The van der Waals surface area contributed by atoms with E-state index in [-0.39, 0.29) is 0 Å². The number of hydrogen-bond donors (Lipinski definition) is 0. The molecule has 0 atom stereocenters. The average molecular weight is 191 g/mol. The molecule has 0 saturated heterocycles. The fourth-order valence-corrected chi connectivity index (χ4v) is 0.784. The predicted molar refractivity (Wildman–Crippen MR) is 55.7 cm³/mol. The maximum atomic E-state index is 4.82. The van der Waals surface area contributed by atoms with E-state index in [1.807, 2.05) is 17.3 Å². The van der Waals surface area contributed by atoms with E-state index in [2.05, 4.69) is 18.1 Å². The van der Waals surface area contributed by atoms with E-state index in [0.717, 1.165) is 0 Å². The molecule has 0 spiro atoms. The minimum Gasteiger partial charge on any atom is -0.479 e. The van der Waals surface area contributed by atoms with Gasteiger partial charge in [-0.05, 0) is 6.20 Å². The summed E-state index contributed by atoms with van der Waals surface area (Å²) in [5, 5.41) is 0. The lowest BCUT2D eigenvalue weighted by molar-refractivity contribution is 0.204. The smallest absolute Gasteiger partial charge is 0.164 e. The lowest BCUT2D eigenvalue weighted by atomic mass is 10.8. The van der Waals surface area contributed by atoms with Gasteiger partial charge in [-0.1, -0.05) is 13.2 Å². The van der Waals surface area contributed by atoms with Crippen LogP contribution < -0.4 is 0 Å². The Morgan fingerprint density at radius 2 is 2.21 bits per heavy atom. The van der Waals surface area contributed by atoms with Gasteiger partial charge in [0.25, 0.3) is 0 Å². The zero-order chi connectivity index (χ0) is 10.2. The molecular formula is C10H13N3O. The molecule has 1 aromatic heterocycles. The van der Waals surface area contributed by atoms with Gasteiger partial charge in [-0.2, -0.15) is 0 Å². The Morgan fingerprint density at radius 3 is 2.50 bits per heavy atom. The minimum atomic E-state index is 0.615. The molecule has 0 N–H and O–H groups in total. The fraction of sp³-hybridized carbons (Fsp3) is 0.100. The van der Waals surface area contributed by atoms with Crippen LogP contribution in [-0.4, -0.2) is 21.2 Å². The molecule has 2 heterocycles. The van der Waals surface area contributed by atoms with Crippen LogP contribution in [0, 0.1) is 0 Å². The zero-order valence-corrected chi connectivity index (χ0v) is 7.91. The maximum Gasteiger partial charge on any atom is 0.164 e. The van der Waals surface area contributed by atoms with E-state index in [1.54, 1.807) is 35.8 Å². The maximum absolute atomic E-state index is 4.82. The topological polar surface area (TPSA) is 30.3 Å². The van der Waals surface area contributed by atoms with Crippen LogP contribution in [0.3, 0.4) is 0 Å². The Morgan fingerprint density at radius 1 is 1.36 bits per heavy atom. The standard InChI is InChI=1S/C5H6N2.C5H7NO/c1-2-7-4-3-6-5-7;1-2-6-3-4-7-5-6/h2-5H,1H2;2-4H,1,5H2. The quantitative estimate of drug-likeness (QED) is 0.715. The van der Waals surface area contributed by atoms with Gasteiger partial charge >= 0.3 is 0 Å². The highest BCUT2D eigenvalue weighted by atomic mass is 16.5. The number of hydrogen-bond acceptors (Lipinski definition) is 3. The van der Waals surface area contributed by atoms with E-state index < -0.39 is 0 Å². The molecule has 0 aliphatic carbocycles. The summed E-state index contributed by atoms with van der Waals surface area (Å²) in [4.78, 5) is 5.63. The van der Waals surface area contributed by atoms with Crippen molar-refractivity contribution in [3.8, 4) is 0 Å². The number of rotatable bonds is 2. The molecule has 1 aromatic rings. The van der Waals surface area contributed by atoms with Crippen molar-refractivity contribution in [2.75, 3.05) is 6.73 Å². The second kappa shape index (κ2) is 5.64. The van der Waals surface area contributed by atoms with E-state index in [9.17, 15) is 0 Å². The molecule has 0 fully saturated rings. The average Bonchev–Trinajstić information content (AvgIpc) is 2.92. The lowest BCUT2D eigenvalue weighted by Crippen LogP contribution is -2.04. The summed E-state index contributed by atoms with van der Waals surface area (Å²) in [6.07, 6.45) is 12.1. The van der Waals surface area contributed by atoms with Gasteiger partial charge < -0.3 is 14.2 Å². The summed E-state index contributed by atoms with van der Waals surface area (Å²) in [6.45, 7) is 7.68. The second-order valence-electron chi connectivity index (χ2n) is 2.47. The van der Waals surface area contributed by atoms with Crippen LogP contribution in [0.5, 0.6) is 0 Å². The van der Waals surface area contributed by atoms with Gasteiger partial charge in [0.1, 0.15) is 6.26 Å². The summed E-state index contributed by atoms with van der Waals surface area (Å²) >= 11 is 0. The van der Waals surface area contributed by atoms with Crippen molar-refractivity contribution in [3.05, 3.63) is 50.5 Å². The first-order chi connectivity index (χ1) is 6.86. The minimum absolute atomic E-state index is 0.615. The highest BCUT2D eigenvalue weighted by Crippen LogP contribution is 1.98. The first-order valence-corrected chi connectivity index (χ1v) is 4.13. The van der Waals surface area contributed by atoms with E-state index in [0.29, 0.717) is 6.73 Å².